The average molecular weight is 294 g/mol. The molecule has 0 spiro atoms. The van der Waals surface area contributed by atoms with Crippen LogP contribution in [0.1, 0.15) is 41.6 Å². The quantitative estimate of drug-likeness (QED) is 0.837. The largest absolute Gasteiger partial charge is 0.480 e. The summed E-state index contributed by atoms with van der Waals surface area (Å²) in [5.74, 6) is -2.13. The van der Waals surface area contributed by atoms with Crippen molar-refractivity contribution < 1.29 is 19.1 Å². The third-order valence-electron chi connectivity index (χ3n) is 3.89. The van der Waals surface area contributed by atoms with Gasteiger partial charge in [0.25, 0.3) is 0 Å². The van der Waals surface area contributed by atoms with Gasteiger partial charge in [-0.05, 0) is 25.0 Å². The minimum absolute atomic E-state index is 0.109. The predicted molar refractivity (Wildman–Crippen MR) is 75.2 cm³/mol. The highest BCUT2D eigenvalue weighted by molar-refractivity contribution is 5.92. The molecule has 21 heavy (non-hydrogen) atoms. The van der Waals surface area contributed by atoms with Crippen molar-refractivity contribution in [1.82, 2.24) is 4.90 Å². The number of nitrogens with zero attached hydrogens (tertiary/aromatic N) is 1. The van der Waals surface area contributed by atoms with E-state index in [0.717, 1.165) is 31.7 Å². The maximum Gasteiger partial charge on any atom is 0.317 e. The molecular weight excluding hydrogens is 275 g/mol. The highest BCUT2D eigenvalue weighted by atomic mass is 19.1. The minimum atomic E-state index is -0.920. The zero-order chi connectivity index (χ0) is 15.4. The summed E-state index contributed by atoms with van der Waals surface area (Å²) >= 11 is 0. The predicted octanol–water partition coefficient (Wildman–Crippen LogP) is 1.75. The Labute approximate surface area is 122 Å². The van der Waals surface area contributed by atoms with Crippen molar-refractivity contribution in [3.63, 3.8) is 0 Å². The molecule has 0 aliphatic heterocycles. The van der Waals surface area contributed by atoms with Gasteiger partial charge in [-0.2, -0.15) is 0 Å². The third kappa shape index (κ3) is 4.01. The lowest BCUT2D eigenvalue weighted by atomic mass is 10.1. The average Bonchev–Trinajstić information content (AvgIpc) is 2.93. The number of benzene rings is 1. The Hall–Kier alpha value is -1.95. The molecule has 114 valence electrons. The molecule has 0 aromatic heterocycles. The molecule has 1 saturated carbocycles. The van der Waals surface area contributed by atoms with Crippen LogP contribution < -0.4 is 5.73 Å². The standard InChI is InChI=1S/C15H19FN2O3/c16-13-7-10(15(17)21)5-6-11(13)8-18(9-14(19)20)12-3-1-2-4-12/h5-7,12H,1-4,8-9H2,(H2,17,21)(H,19,20). The van der Waals surface area contributed by atoms with Gasteiger partial charge >= 0.3 is 5.97 Å². The van der Waals surface area contributed by atoms with Crippen molar-refractivity contribution in [2.24, 2.45) is 5.73 Å². The number of hydrogen-bond acceptors (Lipinski definition) is 3. The minimum Gasteiger partial charge on any atom is -0.480 e. The normalized spacial score (nSPS) is 15.5. The van der Waals surface area contributed by atoms with Crippen LogP contribution in [0.3, 0.4) is 0 Å². The summed E-state index contributed by atoms with van der Waals surface area (Å²) < 4.78 is 14.0. The van der Waals surface area contributed by atoms with Gasteiger partial charge in [0.15, 0.2) is 0 Å². The molecular formula is C15H19FN2O3. The monoisotopic (exact) mass is 294 g/mol. The number of carboxylic acids is 1. The summed E-state index contributed by atoms with van der Waals surface area (Å²) in [7, 11) is 0. The van der Waals surface area contributed by atoms with Gasteiger partial charge in [-0.1, -0.05) is 18.9 Å². The topological polar surface area (TPSA) is 83.6 Å². The summed E-state index contributed by atoms with van der Waals surface area (Å²) in [5, 5.41) is 9.01. The molecule has 0 heterocycles. The van der Waals surface area contributed by atoms with Crippen LogP contribution in [0.15, 0.2) is 18.2 Å². The lowest BCUT2D eigenvalue weighted by molar-refractivity contribution is -0.139. The number of amides is 1. The molecule has 1 aliphatic rings. The fourth-order valence-electron chi connectivity index (χ4n) is 2.80. The van der Waals surface area contributed by atoms with Crippen LogP contribution in [-0.2, 0) is 11.3 Å². The molecule has 1 aromatic carbocycles. The van der Waals surface area contributed by atoms with Gasteiger partial charge in [-0.3, -0.25) is 14.5 Å². The first kappa shape index (κ1) is 15.4. The van der Waals surface area contributed by atoms with Crippen molar-refractivity contribution in [2.75, 3.05) is 6.54 Å². The van der Waals surface area contributed by atoms with Crippen LogP contribution in [-0.4, -0.2) is 34.5 Å². The maximum absolute atomic E-state index is 14.0. The molecule has 1 aliphatic carbocycles. The van der Waals surface area contributed by atoms with Crippen LogP contribution >= 0.6 is 0 Å². The summed E-state index contributed by atoms with van der Waals surface area (Å²) in [6, 6.07) is 4.25. The Morgan fingerprint density at radius 2 is 2.00 bits per heavy atom. The summed E-state index contributed by atoms with van der Waals surface area (Å²) in [4.78, 5) is 23.8. The molecule has 0 saturated heterocycles. The SMILES string of the molecule is NC(=O)c1ccc(CN(CC(=O)O)C2CCCC2)c(F)c1. The lowest BCUT2D eigenvalue weighted by Gasteiger charge is -2.27. The number of halogens is 1. The van der Waals surface area contributed by atoms with E-state index in [-0.39, 0.29) is 24.7 Å². The van der Waals surface area contributed by atoms with Crippen LogP contribution in [0.25, 0.3) is 0 Å². The van der Waals surface area contributed by atoms with Gasteiger partial charge in [0, 0.05) is 23.7 Å². The van der Waals surface area contributed by atoms with Crippen molar-refractivity contribution in [3.8, 4) is 0 Å². The van der Waals surface area contributed by atoms with Crippen molar-refractivity contribution in [1.29, 1.82) is 0 Å². The molecule has 1 fully saturated rings. The van der Waals surface area contributed by atoms with E-state index in [1.54, 1.807) is 4.90 Å². The first-order valence-corrected chi connectivity index (χ1v) is 7.01. The van der Waals surface area contributed by atoms with E-state index < -0.39 is 17.7 Å². The number of carboxylic acid groups (broad SMARTS) is 1. The van der Waals surface area contributed by atoms with E-state index >= 15 is 0 Å². The summed E-state index contributed by atoms with van der Waals surface area (Å²) in [6.07, 6.45) is 4.02. The van der Waals surface area contributed by atoms with E-state index in [4.69, 9.17) is 10.8 Å². The summed E-state index contributed by atoms with van der Waals surface area (Å²) in [5.41, 5.74) is 5.60. The first-order valence-electron chi connectivity index (χ1n) is 7.01. The van der Waals surface area contributed by atoms with E-state index in [2.05, 4.69) is 0 Å². The number of primary amides is 1. The van der Waals surface area contributed by atoms with Gasteiger partial charge in [0.05, 0.1) is 6.54 Å². The molecule has 1 aromatic rings. The number of carbonyl (C=O) groups excluding carboxylic acids is 1. The molecule has 5 nitrogen and oxygen atoms in total. The lowest BCUT2D eigenvalue weighted by Crippen LogP contribution is -2.37. The Bertz CT molecular complexity index is 542. The third-order valence-corrected chi connectivity index (χ3v) is 3.89. The fourth-order valence-corrected chi connectivity index (χ4v) is 2.80. The van der Waals surface area contributed by atoms with Crippen molar-refractivity contribution in [2.45, 2.75) is 38.3 Å². The molecule has 2 rings (SSSR count). The maximum atomic E-state index is 14.0. The first-order chi connectivity index (χ1) is 9.97. The Balaban J connectivity index is 2.15. The van der Waals surface area contributed by atoms with E-state index in [9.17, 15) is 14.0 Å². The van der Waals surface area contributed by atoms with Crippen LogP contribution in [0.4, 0.5) is 4.39 Å². The highest BCUT2D eigenvalue weighted by Gasteiger charge is 2.25. The van der Waals surface area contributed by atoms with E-state index in [1.807, 2.05) is 0 Å². The molecule has 0 radical (unpaired) electrons. The number of aliphatic carboxylic acids is 1. The van der Waals surface area contributed by atoms with E-state index in [0.29, 0.717) is 5.56 Å². The number of nitrogens with two attached hydrogens (primary N) is 1. The second-order valence-electron chi connectivity index (χ2n) is 5.41. The number of hydrogen-bond donors (Lipinski definition) is 2. The zero-order valence-electron chi connectivity index (χ0n) is 11.7. The number of carbonyl (C=O) groups is 2. The zero-order valence-corrected chi connectivity index (χ0v) is 11.7. The molecule has 1 amide bonds. The second-order valence-corrected chi connectivity index (χ2v) is 5.41. The van der Waals surface area contributed by atoms with Gasteiger partial charge in [-0.25, -0.2) is 4.39 Å². The van der Waals surface area contributed by atoms with Crippen LogP contribution in [0.2, 0.25) is 0 Å². The van der Waals surface area contributed by atoms with Gasteiger partial charge in [0.1, 0.15) is 5.82 Å². The Morgan fingerprint density at radius 1 is 1.33 bits per heavy atom. The van der Waals surface area contributed by atoms with Crippen LogP contribution in [0.5, 0.6) is 0 Å². The van der Waals surface area contributed by atoms with E-state index in [1.165, 1.54) is 12.1 Å². The molecule has 3 N–H and O–H groups in total. The molecule has 6 heteroatoms. The number of rotatable bonds is 6. The molecule has 0 unspecified atom stereocenters. The molecule has 0 atom stereocenters. The van der Waals surface area contributed by atoms with Crippen LogP contribution in [0, 0.1) is 5.82 Å². The Morgan fingerprint density at radius 3 is 2.52 bits per heavy atom. The van der Waals surface area contributed by atoms with Gasteiger partial charge in [-0.15, -0.1) is 0 Å². The van der Waals surface area contributed by atoms with Gasteiger partial charge < -0.3 is 10.8 Å². The Kier molecular flexibility index (Phi) is 4.90. The van der Waals surface area contributed by atoms with Crippen molar-refractivity contribution in [3.05, 3.63) is 35.1 Å². The summed E-state index contributed by atoms with van der Waals surface area (Å²) in [6.45, 7) is 0.115. The van der Waals surface area contributed by atoms with Gasteiger partial charge in [0.2, 0.25) is 5.91 Å². The fraction of sp³-hybridized carbons (Fsp3) is 0.467. The molecule has 0 bridgehead atoms. The second kappa shape index (κ2) is 6.67. The smallest absolute Gasteiger partial charge is 0.317 e. The highest BCUT2D eigenvalue weighted by Crippen LogP contribution is 2.25. The van der Waals surface area contributed by atoms with Crippen molar-refractivity contribution >= 4 is 11.9 Å².